The van der Waals surface area contributed by atoms with Gasteiger partial charge in [-0.05, 0) is 50.4 Å². The number of rotatable bonds is 3. The summed E-state index contributed by atoms with van der Waals surface area (Å²) >= 11 is 0. The molecule has 2 aliphatic carbocycles. The number of hydrogen-bond donors (Lipinski definition) is 2. The van der Waals surface area contributed by atoms with Crippen molar-refractivity contribution in [2.24, 2.45) is 11.8 Å². The maximum Gasteiger partial charge on any atom is 0.0651 e. The fraction of sp³-hybridized carbons (Fsp3) is 1.00. The third-order valence-electron chi connectivity index (χ3n) is 4.80. The number of aliphatic hydroxyl groups is 2. The van der Waals surface area contributed by atoms with Gasteiger partial charge in [0.1, 0.15) is 0 Å². The van der Waals surface area contributed by atoms with Crippen LogP contribution in [0.3, 0.4) is 0 Å². The minimum Gasteiger partial charge on any atom is -0.393 e. The van der Waals surface area contributed by atoms with Crippen LogP contribution in [0.4, 0.5) is 0 Å². The number of aliphatic hydroxyl groups excluding tert-OH is 1. The monoisotopic (exact) mass is 226 g/mol. The van der Waals surface area contributed by atoms with Crippen molar-refractivity contribution < 1.29 is 10.2 Å². The Morgan fingerprint density at radius 2 is 1.88 bits per heavy atom. The lowest BCUT2D eigenvalue weighted by atomic mass is 9.73. The smallest absolute Gasteiger partial charge is 0.0651 e. The normalized spacial score (nSPS) is 38.8. The summed E-state index contributed by atoms with van der Waals surface area (Å²) in [5.74, 6) is 1.13. The van der Waals surface area contributed by atoms with Crippen molar-refractivity contribution in [1.29, 1.82) is 0 Å². The van der Waals surface area contributed by atoms with E-state index in [1.165, 1.54) is 12.8 Å². The lowest BCUT2D eigenvalue weighted by molar-refractivity contribution is -0.0300. The molecule has 0 heterocycles. The Hall–Kier alpha value is -0.0800. The Morgan fingerprint density at radius 3 is 2.50 bits per heavy atom. The number of hydrogen-bond acceptors (Lipinski definition) is 2. The van der Waals surface area contributed by atoms with E-state index in [9.17, 15) is 10.2 Å². The summed E-state index contributed by atoms with van der Waals surface area (Å²) in [6.07, 6.45) is 9.37. The summed E-state index contributed by atoms with van der Waals surface area (Å²) in [6, 6.07) is 0. The third-order valence-corrected chi connectivity index (χ3v) is 4.80. The second-order valence-electron chi connectivity index (χ2n) is 6.05. The Labute approximate surface area is 99.1 Å². The fourth-order valence-electron chi connectivity index (χ4n) is 3.66. The predicted octanol–water partition coefficient (Wildman–Crippen LogP) is 2.87. The van der Waals surface area contributed by atoms with Gasteiger partial charge in [0.15, 0.2) is 0 Å². The fourth-order valence-corrected chi connectivity index (χ4v) is 3.66. The van der Waals surface area contributed by atoms with Gasteiger partial charge in [0, 0.05) is 0 Å². The third kappa shape index (κ3) is 2.78. The maximum absolute atomic E-state index is 10.4. The lowest BCUT2D eigenvalue weighted by Gasteiger charge is -2.37. The Balaban J connectivity index is 1.91. The molecule has 0 bridgehead atoms. The molecular formula is C14H26O2. The Kier molecular flexibility index (Phi) is 3.91. The van der Waals surface area contributed by atoms with E-state index in [0.717, 1.165) is 50.9 Å². The van der Waals surface area contributed by atoms with Gasteiger partial charge in [-0.2, -0.15) is 0 Å². The summed E-state index contributed by atoms with van der Waals surface area (Å²) in [5.41, 5.74) is -0.443. The molecule has 2 heteroatoms. The van der Waals surface area contributed by atoms with Crippen LogP contribution in [0.5, 0.6) is 0 Å². The second-order valence-corrected chi connectivity index (χ2v) is 6.05. The van der Waals surface area contributed by atoms with E-state index in [4.69, 9.17) is 0 Å². The molecule has 2 aliphatic rings. The molecule has 3 atom stereocenters. The van der Waals surface area contributed by atoms with Crippen molar-refractivity contribution in [2.75, 3.05) is 0 Å². The molecule has 2 nitrogen and oxygen atoms in total. The van der Waals surface area contributed by atoms with E-state index in [1.807, 2.05) is 0 Å². The molecular weight excluding hydrogens is 200 g/mol. The molecule has 0 aromatic carbocycles. The quantitative estimate of drug-likeness (QED) is 0.777. The molecule has 16 heavy (non-hydrogen) atoms. The molecule has 2 fully saturated rings. The summed E-state index contributed by atoms with van der Waals surface area (Å²) in [6.45, 7) is 2.24. The molecule has 2 N–H and O–H groups in total. The molecule has 0 spiro atoms. The van der Waals surface area contributed by atoms with Gasteiger partial charge in [0.25, 0.3) is 0 Å². The van der Waals surface area contributed by atoms with E-state index >= 15 is 0 Å². The molecule has 2 rings (SSSR count). The summed E-state index contributed by atoms with van der Waals surface area (Å²) in [4.78, 5) is 0. The molecule has 94 valence electrons. The van der Waals surface area contributed by atoms with Crippen LogP contribution in [0.2, 0.25) is 0 Å². The highest BCUT2D eigenvalue weighted by molar-refractivity contribution is 4.90. The zero-order valence-electron chi connectivity index (χ0n) is 10.5. The van der Waals surface area contributed by atoms with Crippen LogP contribution >= 0.6 is 0 Å². The van der Waals surface area contributed by atoms with Gasteiger partial charge < -0.3 is 10.2 Å². The molecule has 0 amide bonds. The zero-order valence-corrected chi connectivity index (χ0v) is 10.5. The zero-order chi connectivity index (χ0) is 11.6. The average Bonchev–Trinajstić information content (AvgIpc) is 2.68. The summed E-state index contributed by atoms with van der Waals surface area (Å²) in [7, 11) is 0. The van der Waals surface area contributed by atoms with E-state index in [-0.39, 0.29) is 6.10 Å². The standard InChI is InChI=1S/C14H26O2/c1-2-11-5-6-13(15)12(9-11)10-14(16)7-3-4-8-14/h11-13,15-16H,2-10H2,1H3. The second kappa shape index (κ2) is 5.05. The first-order chi connectivity index (χ1) is 7.63. The highest BCUT2D eigenvalue weighted by atomic mass is 16.3. The summed E-state index contributed by atoms with van der Waals surface area (Å²) in [5, 5.41) is 20.5. The molecule has 0 aliphatic heterocycles. The average molecular weight is 226 g/mol. The molecule has 0 radical (unpaired) electrons. The minimum atomic E-state index is -0.443. The van der Waals surface area contributed by atoms with E-state index in [2.05, 4.69) is 6.92 Å². The van der Waals surface area contributed by atoms with Gasteiger partial charge in [0.05, 0.1) is 11.7 Å². The van der Waals surface area contributed by atoms with E-state index in [1.54, 1.807) is 0 Å². The van der Waals surface area contributed by atoms with E-state index in [0.29, 0.717) is 5.92 Å². The van der Waals surface area contributed by atoms with Crippen LogP contribution in [0.15, 0.2) is 0 Å². The first-order valence-electron chi connectivity index (χ1n) is 7.03. The first kappa shape index (κ1) is 12.4. The molecule has 3 unspecified atom stereocenters. The summed E-state index contributed by atoms with van der Waals surface area (Å²) < 4.78 is 0. The van der Waals surface area contributed by atoms with Crippen molar-refractivity contribution in [3.8, 4) is 0 Å². The molecule has 0 aromatic rings. The van der Waals surface area contributed by atoms with Crippen LogP contribution in [0.25, 0.3) is 0 Å². The Morgan fingerprint density at radius 1 is 1.19 bits per heavy atom. The van der Waals surface area contributed by atoms with Crippen molar-refractivity contribution in [3.05, 3.63) is 0 Å². The van der Waals surface area contributed by atoms with Gasteiger partial charge in [-0.3, -0.25) is 0 Å². The van der Waals surface area contributed by atoms with Crippen molar-refractivity contribution >= 4 is 0 Å². The highest BCUT2D eigenvalue weighted by Gasteiger charge is 2.38. The first-order valence-corrected chi connectivity index (χ1v) is 7.03. The molecule has 0 saturated heterocycles. The molecule has 2 saturated carbocycles. The van der Waals surface area contributed by atoms with Crippen LogP contribution in [0.1, 0.15) is 64.7 Å². The lowest BCUT2D eigenvalue weighted by Crippen LogP contribution is -2.36. The van der Waals surface area contributed by atoms with Crippen molar-refractivity contribution in [1.82, 2.24) is 0 Å². The maximum atomic E-state index is 10.4. The minimum absolute atomic E-state index is 0.160. The Bertz CT molecular complexity index is 221. The van der Waals surface area contributed by atoms with Gasteiger partial charge in [-0.25, -0.2) is 0 Å². The van der Waals surface area contributed by atoms with Crippen LogP contribution in [-0.4, -0.2) is 21.9 Å². The van der Waals surface area contributed by atoms with Crippen LogP contribution in [-0.2, 0) is 0 Å². The molecule has 0 aromatic heterocycles. The van der Waals surface area contributed by atoms with Gasteiger partial charge in [-0.1, -0.05) is 26.2 Å². The van der Waals surface area contributed by atoms with Crippen LogP contribution < -0.4 is 0 Å². The predicted molar refractivity (Wildman–Crippen MR) is 65.2 cm³/mol. The topological polar surface area (TPSA) is 40.5 Å². The van der Waals surface area contributed by atoms with Gasteiger partial charge in [0.2, 0.25) is 0 Å². The van der Waals surface area contributed by atoms with E-state index < -0.39 is 5.60 Å². The van der Waals surface area contributed by atoms with Crippen LogP contribution in [0, 0.1) is 11.8 Å². The largest absolute Gasteiger partial charge is 0.393 e. The SMILES string of the molecule is CCC1CCC(O)C(CC2(O)CCCC2)C1. The van der Waals surface area contributed by atoms with Gasteiger partial charge in [-0.15, -0.1) is 0 Å². The highest BCUT2D eigenvalue weighted by Crippen LogP contribution is 2.41. The van der Waals surface area contributed by atoms with Crippen molar-refractivity contribution in [2.45, 2.75) is 76.4 Å². The van der Waals surface area contributed by atoms with Gasteiger partial charge >= 0.3 is 0 Å². The van der Waals surface area contributed by atoms with Crippen molar-refractivity contribution in [3.63, 3.8) is 0 Å².